The molecule has 2 aromatic carbocycles. The number of carbonyl (C=O) groups excluding carboxylic acids is 1. The van der Waals surface area contributed by atoms with E-state index in [1.54, 1.807) is 41.0 Å². The van der Waals surface area contributed by atoms with Crippen LogP contribution in [0.25, 0.3) is 0 Å². The van der Waals surface area contributed by atoms with Gasteiger partial charge in [-0.3, -0.25) is 15.0 Å². The molecule has 3 aliphatic rings. The molecule has 4 aromatic heterocycles. The number of aliphatic hydroxyl groups is 2. The van der Waals surface area contributed by atoms with Crippen LogP contribution in [-0.4, -0.2) is 117 Å². The van der Waals surface area contributed by atoms with Gasteiger partial charge in [-0.2, -0.15) is 33.3 Å². The number of aromatic amines is 2. The van der Waals surface area contributed by atoms with Crippen molar-refractivity contribution in [1.29, 1.82) is 0 Å². The van der Waals surface area contributed by atoms with Crippen molar-refractivity contribution in [3.63, 3.8) is 0 Å². The molecule has 17 nitrogen and oxygen atoms in total. The van der Waals surface area contributed by atoms with E-state index in [0.717, 1.165) is 35.4 Å². The van der Waals surface area contributed by atoms with Crippen molar-refractivity contribution in [1.82, 2.24) is 50.1 Å². The molecule has 24 heteroatoms. The van der Waals surface area contributed by atoms with Gasteiger partial charge in [0.1, 0.15) is 27.3 Å². The molecule has 8 N–H and O–H groups in total. The SMILES string of the molecule is Cc1cc(Nc2nc(Nc3cc(C)c(C4CCN(C(=O)C5(O)CC5)CC4)cc3F)ncc2Cl)n[nH]1.Cc1cc(Nc2nc(Nc3cc(C4CCN(CC(O)C(F)(F)F)CC4)c(F)cc3C)ncc2Cl)n[nH]1. The first-order valence-electron chi connectivity index (χ1n) is 23.0. The van der Waals surface area contributed by atoms with Crippen LogP contribution in [-0.2, 0) is 4.79 Å². The molecule has 6 heterocycles. The van der Waals surface area contributed by atoms with E-state index in [1.165, 1.54) is 18.5 Å². The van der Waals surface area contributed by atoms with Gasteiger partial charge >= 0.3 is 6.18 Å². The third-order valence-corrected chi connectivity index (χ3v) is 13.3. The molecule has 1 amide bonds. The highest BCUT2D eigenvalue weighted by molar-refractivity contribution is 6.33. The second kappa shape index (κ2) is 21.3. The van der Waals surface area contributed by atoms with Crippen molar-refractivity contribution in [2.24, 2.45) is 0 Å². The van der Waals surface area contributed by atoms with E-state index < -0.39 is 30.2 Å². The van der Waals surface area contributed by atoms with E-state index >= 15 is 4.39 Å². The van der Waals surface area contributed by atoms with Gasteiger partial charge in [0.2, 0.25) is 11.9 Å². The van der Waals surface area contributed by atoms with E-state index in [9.17, 15) is 32.6 Å². The smallest absolute Gasteiger partial charge is 0.382 e. The molecule has 3 fully saturated rings. The van der Waals surface area contributed by atoms with E-state index in [2.05, 4.69) is 61.6 Å². The number of rotatable bonds is 13. The third kappa shape index (κ3) is 12.6. The number of carbonyl (C=O) groups is 1. The van der Waals surface area contributed by atoms with Crippen LogP contribution in [0.1, 0.15) is 84.0 Å². The summed E-state index contributed by atoms with van der Waals surface area (Å²) in [5.41, 5.74) is 4.44. The first kappa shape index (κ1) is 51.2. The van der Waals surface area contributed by atoms with Gasteiger partial charge in [-0.25, -0.2) is 18.7 Å². The summed E-state index contributed by atoms with van der Waals surface area (Å²) < 4.78 is 68.0. The highest BCUT2D eigenvalue weighted by Crippen LogP contribution is 2.40. The quantitative estimate of drug-likeness (QED) is 0.0505. The molecule has 6 aromatic rings. The molecule has 71 heavy (non-hydrogen) atoms. The fourth-order valence-electron chi connectivity index (χ4n) is 8.64. The number of aromatic nitrogens is 8. The lowest BCUT2D eigenvalue weighted by atomic mass is 9.86. The topological polar surface area (TPSA) is 221 Å². The summed E-state index contributed by atoms with van der Waals surface area (Å²) in [4.78, 5) is 32.8. The average molecular weight is 1030 g/mol. The van der Waals surface area contributed by atoms with E-state index in [1.807, 2.05) is 26.8 Å². The summed E-state index contributed by atoms with van der Waals surface area (Å²) in [6.45, 7) is 8.73. The van der Waals surface area contributed by atoms with Crippen LogP contribution < -0.4 is 21.3 Å². The Morgan fingerprint density at radius 3 is 1.76 bits per heavy atom. The van der Waals surface area contributed by atoms with E-state index in [4.69, 9.17) is 23.2 Å². The predicted molar refractivity (Wildman–Crippen MR) is 259 cm³/mol. The van der Waals surface area contributed by atoms with Crippen molar-refractivity contribution < 1.29 is 37.0 Å². The van der Waals surface area contributed by atoms with Crippen molar-refractivity contribution in [2.75, 3.05) is 54.0 Å². The fourth-order valence-corrected chi connectivity index (χ4v) is 8.92. The third-order valence-electron chi connectivity index (χ3n) is 12.8. The Kier molecular flexibility index (Phi) is 15.3. The molecule has 0 radical (unpaired) electrons. The first-order valence-corrected chi connectivity index (χ1v) is 23.7. The fraction of sp³-hybridized carbons (Fsp3) is 0.426. The van der Waals surface area contributed by atoms with Gasteiger partial charge in [0.15, 0.2) is 29.4 Å². The summed E-state index contributed by atoms with van der Waals surface area (Å²) in [5, 5.41) is 46.0. The van der Waals surface area contributed by atoms with Gasteiger partial charge in [0, 0.05) is 48.8 Å². The summed E-state index contributed by atoms with van der Waals surface area (Å²) in [6, 6.07) is 10.0. The zero-order valence-corrected chi connectivity index (χ0v) is 40.7. The Balaban J connectivity index is 0.000000190. The highest BCUT2D eigenvalue weighted by Gasteiger charge is 2.50. The maximum atomic E-state index is 15.1. The number of likely N-dealkylation sites (tertiary alicyclic amines) is 2. The molecule has 1 atom stereocenters. The van der Waals surface area contributed by atoms with Crippen molar-refractivity contribution >= 4 is 75.7 Å². The summed E-state index contributed by atoms with van der Waals surface area (Å²) in [5.74, 6) is 1.24. The van der Waals surface area contributed by atoms with Crippen LogP contribution in [0.15, 0.2) is 48.8 Å². The van der Waals surface area contributed by atoms with Gasteiger partial charge in [-0.1, -0.05) is 23.2 Å². The lowest BCUT2D eigenvalue weighted by molar-refractivity contribution is -0.208. The number of nitrogens with one attached hydrogen (secondary N) is 6. The number of benzene rings is 2. The van der Waals surface area contributed by atoms with Crippen molar-refractivity contribution in [3.8, 4) is 0 Å². The van der Waals surface area contributed by atoms with Crippen LogP contribution >= 0.6 is 23.2 Å². The maximum Gasteiger partial charge on any atom is 0.415 e. The molecule has 1 saturated carbocycles. The summed E-state index contributed by atoms with van der Waals surface area (Å²) in [6.07, 6.45) is -0.683. The molecule has 2 saturated heterocycles. The zero-order valence-electron chi connectivity index (χ0n) is 39.2. The van der Waals surface area contributed by atoms with Gasteiger partial charge in [-0.15, -0.1) is 0 Å². The number of β-amino-alcohol motifs (C(OH)–C–C–N with tert-alkyl or cyclic N) is 1. The number of nitrogens with zero attached hydrogens (tertiary/aromatic N) is 8. The van der Waals surface area contributed by atoms with Crippen LogP contribution in [0.2, 0.25) is 10.0 Å². The molecule has 9 rings (SSSR count). The van der Waals surface area contributed by atoms with Crippen LogP contribution in [0.5, 0.6) is 0 Å². The number of anilines is 8. The van der Waals surface area contributed by atoms with Gasteiger partial charge < -0.3 is 41.3 Å². The number of aryl methyl sites for hydroxylation is 4. The highest BCUT2D eigenvalue weighted by atomic mass is 35.5. The standard InChI is InChI=1S/C24H27ClFN7O2.C23H26ClF4N7O/c1-13-9-19(28-23-27-12-17(25)21(30-23)29-20-10-14(2)31-32-20)18(26)11-16(13)15-3-7-33(8-4-15)22(34)24(35)5-6-24;1-12-7-17(25)15(14-3-5-35(6-4-14)11-19(36)23(26,27)28)9-18(12)30-22-29-10-16(24)21(32-22)31-20-8-13(2)33-34-20/h9-12,15,35H,3-8H2,1-2H3,(H3,27,28,29,30,31,32);7-10,14,19,36H,3-6,11H2,1-2H3,(H3,29,30,31,32,33,34). The van der Waals surface area contributed by atoms with Crippen molar-refractivity contribution in [2.45, 2.75) is 95.9 Å². The lowest BCUT2D eigenvalue weighted by Crippen LogP contribution is -2.44. The normalized spacial score (nSPS) is 16.8. The largest absolute Gasteiger partial charge is 0.415 e. The van der Waals surface area contributed by atoms with Crippen LogP contribution in [0.4, 0.5) is 68.5 Å². The molecular weight excluding hydrogens is 975 g/mol. The molecule has 1 unspecified atom stereocenters. The minimum Gasteiger partial charge on any atom is -0.382 e. The van der Waals surface area contributed by atoms with Crippen LogP contribution in [0, 0.1) is 39.3 Å². The number of H-pyrrole nitrogens is 2. The number of halogens is 7. The molecular formula is C47H53Cl2F5N14O3. The molecule has 0 bridgehead atoms. The number of piperidine rings is 2. The molecule has 0 spiro atoms. The van der Waals surface area contributed by atoms with E-state index in [0.29, 0.717) is 102 Å². The average Bonchev–Trinajstić information content (AvgIpc) is 3.74. The molecule has 2 aliphatic heterocycles. The Hall–Kier alpha value is -6.20. The van der Waals surface area contributed by atoms with Gasteiger partial charge in [0.05, 0.1) is 18.1 Å². The second-order valence-electron chi connectivity index (χ2n) is 18.3. The lowest BCUT2D eigenvalue weighted by Gasteiger charge is -2.34. The Morgan fingerprint density at radius 1 is 0.732 bits per heavy atom. The number of alkyl halides is 3. The van der Waals surface area contributed by atoms with E-state index in [-0.39, 0.29) is 41.1 Å². The number of aliphatic hydroxyl groups excluding tert-OH is 1. The number of hydrogen-bond acceptors (Lipinski definition) is 14. The van der Waals surface area contributed by atoms with Gasteiger partial charge in [-0.05, 0) is 138 Å². The number of amides is 1. The zero-order chi connectivity index (χ0) is 50.8. The maximum absolute atomic E-state index is 15.1. The molecule has 1 aliphatic carbocycles. The second-order valence-corrected chi connectivity index (χ2v) is 19.1. The van der Waals surface area contributed by atoms with Gasteiger partial charge in [0.25, 0.3) is 5.91 Å². The minimum atomic E-state index is -4.66. The minimum absolute atomic E-state index is 0.149. The Labute approximate surface area is 415 Å². The number of hydrogen-bond donors (Lipinski definition) is 8. The predicted octanol–water partition coefficient (Wildman–Crippen LogP) is 9.53. The van der Waals surface area contributed by atoms with Crippen LogP contribution in [0.3, 0.4) is 0 Å². The Bertz CT molecular complexity index is 2860. The van der Waals surface area contributed by atoms with Crippen molar-refractivity contribution in [3.05, 3.63) is 104 Å². The molecule has 378 valence electrons. The summed E-state index contributed by atoms with van der Waals surface area (Å²) >= 11 is 12.4. The Morgan fingerprint density at radius 2 is 1.25 bits per heavy atom. The monoisotopic (exact) mass is 1030 g/mol. The summed E-state index contributed by atoms with van der Waals surface area (Å²) in [7, 11) is 0. The first-order chi connectivity index (χ1) is 33.7.